The number of nitrogens with two attached hydrogens (primary N) is 1. The topological polar surface area (TPSA) is 97.1 Å². The van der Waals surface area contributed by atoms with Gasteiger partial charge in [-0.25, -0.2) is 4.79 Å². The lowest BCUT2D eigenvalue weighted by atomic mass is 9.77. The number of allylic oxidation sites excluding steroid dienone is 1. The molecule has 2 unspecified atom stereocenters. The number of hydrogen-bond donors (Lipinski definition) is 2. The number of hydrogen-bond acceptors (Lipinski definition) is 7. The van der Waals surface area contributed by atoms with Crippen molar-refractivity contribution in [2.24, 2.45) is 5.73 Å². The highest BCUT2D eigenvalue weighted by Crippen LogP contribution is 2.39. The van der Waals surface area contributed by atoms with E-state index in [2.05, 4.69) is 15.1 Å². The van der Waals surface area contributed by atoms with Gasteiger partial charge in [-0.1, -0.05) is 18.6 Å². The van der Waals surface area contributed by atoms with Crippen molar-refractivity contribution < 1.29 is 19.1 Å². The minimum atomic E-state index is -0.721. The Labute approximate surface area is 172 Å². The minimum absolute atomic E-state index is 0.270. The Morgan fingerprint density at radius 1 is 1.39 bits per heavy atom. The fourth-order valence-corrected chi connectivity index (χ4v) is 3.99. The van der Waals surface area contributed by atoms with Crippen LogP contribution in [0.1, 0.15) is 53.4 Å². The molecule has 0 spiro atoms. The number of thiocarbonyl (C=S) groups is 1. The molecule has 0 aromatic carbocycles. The summed E-state index contributed by atoms with van der Waals surface area (Å²) in [5, 5.41) is 2.44. The SMILES string of the molecule is CC1=CN(C2(C(N)=S)CCCCC2OC(=O)CNC(=O)OC(C)(C)C)CN1C. The summed E-state index contributed by atoms with van der Waals surface area (Å²) in [6.45, 7) is 7.65. The summed E-state index contributed by atoms with van der Waals surface area (Å²) in [6, 6.07) is 0. The van der Waals surface area contributed by atoms with Crippen molar-refractivity contribution in [2.75, 3.05) is 20.3 Å². The molecule has 1 saturated carbocycles. The van der Waals surface area contributed by atoms with Gasteiger partial charge in [-0.05, 0) is 47.0 Å². The van der Waals surface area contributed by atoms with Crippen molar-refractivity contribution in [1.82, 2.24) is 15.1 Å². The van der Waals surface area contributed by atoms with E-state index in [0.717, 1.165) is 25.0 Å². The van der Waals surface area contributed by atoms with Gasteiger partial charge in [0.15, 0.2) is 0 Å². The summed E-state index contributed by atoms with van der Waals surface area (Å²) in [4.78, 5) is 28.7. The van der Waals surface area contributed by atoms with Gasteiger partial charge in [-0.15, -0.1) is 0 Å². The number of carbonyl (C=O) groups is 2. The minimum Gasteiger partial charge on any atom is -0.458 e. The lowest BCUT2D eigenvalue weighted by Crippen LogP contribution is -2.64. The second-order valence-electron chi connectivity index (χ2n) is 8.45. The smallest absolute Gasteiger partial charge is 0.408 e. The van der Waals surface area contributed by atoms with Gasteiger partial charge in [0.1, 0.15) is 28.8 Å². The first-order valence-electron chi connectivity index (χ1n) is 9.58. The molecule has 3 N–H and O–H groups in total. The molecule has 0 saturated heterocycles. The summed E-state index contributed by atoms with van der Waals surface area (Å²) in [5.41, 5.74) is 5.93. The number of carbonyl (C=O) groups excluding carboxylic acids is 2. The van der Waals surface area contributed by atoms with E-state index in [1.54, 1.807) is 20.8 Å². The van der Waals surface area contributed by atoms with E-state index in [-0.39, 0.29) is 6.54 Å². The van der Waals surface area contributed by atoms with Crippen molar-refractivity contribution in [3.05, 3.63) is 11.9 Å². The lowest BCUT2D eigenvalue weighted by molar-refractivity contribution is -0.155. The van der Waals surface area contributed by atoms with Gasteiger partial charge in [0.25, 0.3) is 0 Å². The van der Waals surface area contributed by atoms with Gasteiger partial charge >= 0.3 is 12.1 Å². The van der Waals surface area contributed by atoms with Gasteiger partial charge in [0.05, 0.1) is 6.67 Å². The van der Waals surface area contributed by atoms with E-state index in [0.29, 0.717) is 18.1 Å². The Morgan fingerprint density at radius 3 is 2.61 bits per heavy atom. The predicted octanol–water partition coefficient (Wildman–Crippen LogP) is 2.09. The van der Waals surface area contributed by atoms with E-state index in [9.17, 15) is 9.59 Å². The van der Waals surface area contributed by atoms with Gasteiger partial charge in [0, 0.05) is 18.9 Å². The Morgan fingerprint density at radius 2 is 2.07 bits per heavy atom. The van der Waals surface area contributed by atoms with Crippen LogP contribution in [-0.2, 0) is 14.3 Å². The molecule has 1 fully saturated rings. The number of nitrogens with zero attached hydrogens (tertiary/aromatic N) is 2. The van der Waals surface area contributed by atoms with Crippen molar-refractivity contribution in [3.63, 3.8) is 0 Å². The molecule has 28 heavy (non-hydrogen) atoms. The third-order valence-electron chi connectivity index (χ3n) is 5.11. The monoisotopic (exact) mass is 412 g/mol. The zero-order valence-electron chi connectivity index (χ0n) is 17.4. The van der Waals surface area contributed by atoms with E-state index in [1.807, 2.05) is 20.2 Å². The highest BCUT2D eigenvalue weighted by Gasteiger charge is 2.50. The molecule has 0 bridgehead atoms. The van der Waals surface area contributed by atoms with E-state index < -0.39 is 29.3 Å². The fourth-order valence-electron chi connectivity index (χ4n) is 3.64. The third kappa shape index (κ3) is 5.06. The molecule has 1 heterocycles. The molecule has 2 rings (SSSR count). The molecule has 2 aliphatic rings. The van der Waals surface area contributed by atoms with E-state index in [4.69, 9.17) is 27.4 Å². The van der Waals surface area contributed by atoms with Gasteiger partial charge in [-0.3, -0.25) is 4.79 Å². The Balaban J connectivity index is 2.08. The molecule has 9 heteroatoms. The summed E-state index contributed by atoms with van der Waals surface area (Å²) in [7, 11) is 1.99. The normalized spacial score (nSPS) is 25.2. The first kappa shape index (κ1) is 22.3. The molecule has 1 aliphatic carbocycles. The highest BCUT2D eigenvalue weighted by molar-refractivity contribution is 7.80. The van der Waals surface area contributed by atoms with Crippen molar-refractivity contribution in [1.29, 1.82) is 0 Å². The maximum absolute atomic E-state index is 12.4. The molecule has 1 amide bonds. The Kier molecular flexibility index (Phi) is 6.80. The molecule has 8 nitrogen and oxygen atoms in total. The third-order valence-corrected chi connectivity index (χ3v) is 5.46. The molecule has 0 aromatic rings. The first-order valence-corrected chi connectivity index (χ1v) is 9.99. The second kappa shape index (κ2) is 8.55. The van der Waals surface area contributed by atoms with Crippen LogP contribution in [0.3, 0.4) is 0 Å². The standard InChI is InChI=1S/C19H32N4O4S/c1-13-11-23(12-22(13)5)19(16(20)28)9-7-6-8-14(19)26-15(24)10-21-17(25)27-18(2,3)4/h11,14H,6-10,12H2,1-5H3,(H2,20,28)(H,21,25). The number of amides is 1. The van der Waals surface area contributed by atoms with Gasteiger partial charge < -0.3 is 30.3 Å². The molecular formula is C19H32N4O4S. The average molecular weight is 413 g/mol. The molecule has 1 aliphatic heterocycles. The van der Waals surface area contributed by atoms with Gasteiger partial charge in [-0.2, -0.15) is 0 Å². The number of nitrogens with one attached hydrogen (secondary N) is 1. The summed E-state index contributed by atoms with van der Waals surface area (Å²) in [6.07, 6.45) is 4.16. The Hall–Kier alpha value is -2.03. The van der Waals surface area contributed by atoms with Crippen LogP contribution in [0.25, 0.3) is 0 Å². The van der Waals surface area contributed by atoms with Crippen molar-refractivity contribution in [2.45, 2.75) is 70.6 Å². The molecule has 0 aromatic heterocycles. The number of esters is 1. The Bertz CT molecular complexity index is 661. The quantitative estimate of drug-likeness (QED) is 0.523. The molecule has 2 atom stereocenters. The maximum atomic E-state index is 12.4. The van der Waals surface area contributed by atoms with E-state index >= 15 is 0 Å². The number of ether oxygens (including phenoxy) is 2. The first-order chi connectivity index (χ1) is 13.0. The van der Waals surface area contributed by atoms with Crippen LogP contribution in [-0.4, -0.2) is 64.4 Å². The maximum Gasteiger partial charge on any atom is 0.408 e. The van der Waals surface area contributed by atoms with Crippen LogP contribution in [0.4, 0.5) is 4.79 Å². The number of rotatable bonds is 5. The summed E-state index contributed by atoms with van der Waals surface area (Å²) < 4.78 is 10.9. The molecule has 0 radical (unpaired) electrons. The predicted molar refractivity (Wildman–Crippen MR) is 110 cm³/mol. The molecular weight excluding hydrogens is 380 g/mol. The van der Waals surface area contributed by atoms with Crippen LogP contribution < -0.4 is 11.1 Å². The summed E-state index contributed by atoms with van der Waals surface area (Å²) in [5.74, 6) is -0.536. The van der Waals surface area contributed by atoms with Crippen LogP contribution >= 0.6 is 12.2 Å². The largest absolute Gasteiger partial charge is 0.458 e. The average Bonchev–Trinajstić information content (AvgIpc) is 2.91. The van der Waals surface area contributed by atoms with Gasteiger partial charge in [0.2, 0.25) is 0 Å². The van der Waals surface area contributed by atoms with Crippen LogP contribution in [0.2, 0.25) is 0 Å². The second-order valence-corrected chi connectivity index (χ2v) is 8.89. The van der Waals surface area contributed by atoms with Crippen molar-refractivity contribution in [3.8, 4) is 0 Å². The van der Waals surface area contributed by atoms with Crippen molar-refractivity contribution >= 4 is 29.3 Å². The van der Waals surface area contributed by atoms with E-state index in [1.165, 1.54) is 0 Å². The van der Waals surface area contributed by atoms with Crippen LogP contribution in [0.15, 0.2) is 11.9 Å². The van der Waals surface area contributed by atoms with Crippen LogP contribution in [0.5, 0.6) is 0 Å². The fraction of sp³-hybridized carbons (Fsp3) is 0.737. The summed E-state index contributed by atoms with van der Waals surface area (Å²) >= 11 is 5.44. The lowest BCUT2D eigenvalue weighted by Gasteiger charge is -2.48. The highest BCUT2D eigenvalue weighted by atomic mass is 32.1. The zero-order chi connectivity index (χ0) is 21.1. The van der Waals surface area contributed by atoms with Crippen LogP contribution in [0, 0.1) is 0 Å². The zero-order valence-corrected chi connectivity index (χ0v) is 18.2. The number of alkyl carbamates (subject to hydrolysis) is 1. The molecule has 158 valence electrons.